The van der Waals surface area contributed by atoms with Crippen molar-refractivity contribution in [3.8, 4) is 0 Å². The third-order valence-corrected chi connectivity index (χ3v) is 4.10. The summed E-state index contributed by atoms with van der Waals surface area (Å²) in [6, 6.07) is 0. The summed E-state index contributed by atoms with van der Waals surface area (Å²) in [6.07, 6.45) is 0.467. The van der Waals surface area contributed by atoms with Crippen LogP contribution in [0.2, 0.25) is 0 Å². The SMILES string of the molecule is COC(=O)C1(C(C)=O)CC[C@@](C)(O)[C@H](C(C)=O)C1. The van der Waals surface area contributed by atoms with Crippen molar-refractivity contribution in [2.24, 2.45) is 11.3 Å². The molecule has 3 atom stereocenters. The first kappa shape index (κ1) is 14.8. The van der Waals surface area contributed by atoms with Gasteiger partial charge in [-0.15, -0.1) is 0 Å². The van der Waals surface area contributed by atoms with E-state index in [0.717, 1.165) is 0 Å². The van der Waals surface area contributed by atoms with Crippen LogP contribution in [0.1, 0.15) is 40.0 Å². The largest absolute Gasteiger partial charge is 0.468 e. The zero-order valence-corrected chi connectivity index (χ0v) is 11.3. The Morgan fingerprint density at radius 3 is 2.17 bits per heavy atom. The van der Waals surface area contributed by atoms with Crippen LogP contribution in [0.4, 0.5) is 0 Å². The molecule has 0 radical (unpaired) electrons. The van der Waals surface area contributed by atoms with Gasteiger partial charge in [-0.2, -0.15) is 0 Å². The number of Topliss-reactive ketones (excluding diaryl/α,β-unsaturated/α-hetero) is 2. The number of ketones is 2. The van der Waals surface area contributed by atoms with E-state index >= 15 is 0 Å². The monoisotopic (exact) mass is 256 g/mol. The molecule has 0 aromatic carbocycles. The van der Waals surface area contributed by atoms with Crippen molar-refractivity contribution in [1.82, 2.24) is 0 Å². The summed E-state index contributed by atoms with van der Waals surface area (Å²) in [4.78, 5) is 35.3. The lowest BCUT2D eigenvalue weighted by atomic mass is 9.61. The molecule has 0 aromatic rings. The molecule has 1 N–H and O–H groups in total. The number of carbonyl (C=O) groups is 3. The lowest BCUT2D eigenvalue weighted by molar-refractivity contribution is -0.168. The Hall–Kier alpha value is -1.23. The number of ether oxygens (including phenoxy) is 1. The lowest BCUT2D eigenvalue weighted by Gasteiger charge is -2.43. The standard InChI is InChI=1S/C13H20O5/c1-8(14)10-7-13(9(2)15,11(16)18-4)6-5-12(10,3)17/h10,17H,5-7H2,1-4H3/t10-,12+,13?/m0/s1. The highest BCUT2D eigenvalue weighted by molar-refractivity contribution is 6.03. The molecule has 0 bridgehead atoms. The van der Waals surface area contributed by atoms with E-state index < -0.39 is 22.9 Å². The average Bonchev–Trinajstić information content (AvgIpc) is 2.27. The van der Waals surface area contributed by atoms with Gasteiger partial charge in [-0.1, -0.05) is 0 Å². The fourth-order valence-corrected chi connectivity index (χ4v) is 2.74. The van der Waals surface area contributed by atoms with E-state index in [-0.39, 0.29) is 30.8 Å². The molecule has 1 aliphatic rings. The lowest BCUT2D eigenvalue weighted by Crippen LogP contribution is -2.53. The maximum Gasteiger partial charge on any atom is 0.319 e. The summed E-state index contributed by atoms with van der Waals surface area (Å²) in [5, 5.41) is 10.2. The van der Waals surface area contributed by atoms with Gasteiger partial charge in [0.2, 0.25) is 0 Å². The summed E-state index contributed by atoms with van der Waals surface area (Å²) in [5.74, 6) is -1.85. The number of carbonyl (C=O) groups excluding carboxylic acids is 3. The minimum Gasteiger partial charge on any atom is -0.468 e. The van der Waals surface area contributed by atoms with Crippen LogP contribution in [-0.2, 0) is 19.1 Å². The van der Waals surface area contributed by atoms with Gasteiger partial charge in [-0.25, -0.2) is 0 Å². The van der Waals surface area contributed by atoms with Crippen LogP contribution in [0.5, 0.6) is 0 Å². The number of aliphatic hydroxyl groups is 1. The van der Waals surface area contributed by atoms with Crippen LogP contribution in [0.3, 0.4) is 0 Å². The zero-order chi connectivity index (χ0) is 14.1. The van der Waals surface area contributed by atoms with Crippen molar-refractivity contribution in [2.75, 3.05) is 7.11 Å². The van der Waals surface area contributed by atoms with Gasteiger partial charge in [0.05, 0.1) is 12.7 Å². The maximum absolute atomic E-state index is 11.9. The smallest absolute Gasteiger partial charge is 0.319 e. The first-order valence-corrected chi connectivity index (χ1v) is 5.99. The molecular weight excluding hydrogens is 236 g/mol. The molecule has 1 saturated carbocycles. The van der Waals surface area contributed by atoms with Crippen LogP contribution >= 0.6 is 0 Å². The molecule has 0 saturated heterocycles. The molecule has 0 amide bonds. The second-order valence-corrected chi connectivity index (χ2v) is 5.35. The fourth-order valence-electron chi connectivity index (χ4n) is 2.74. The van der Waals surface area contributed by atoms with E-state index in [1.54, 1.807) is 6.92 Å². The Morgan fingerprint density at radius 2 is 1.78 bits per heavy atom. The average molecular weight is 256 g/mol. The van der Waals surface area contributed by atoms with Crippen molar-refractivity contribution < 1.29 is 24.2 Å². The molecular formula is C13H20O5. The molecule has 5 nitrogen and oxygen atoms in total. The number of rotatable bonds is 3. The van der Waals surface area contributed by atoms with Gasteiger partial charge in [0.25, 0.3) is 0 Å². The number of hydrogen-bond acceptors (Lipinski definition) is 5. The fraction of sp³-hybridized carbons (Fsp3) is 0.769. The van der Waals surface area contributed by atoms with Crippen LogP contribution < -0.4 is 0 Å². The highest BCUT2D eigenvalue weighted by Crippen LogP contribution is 2.46. The Balaban J connectivity index is 3.15. The summed E-state index contributed by atoms with van der Waals surface area (Å²) in [6.45, 7) is 4.27. The number of esters is 1. The second kappa shape index (κ2) is 4.80. The maximum atomic E-state index is 11.9. The Morgan fingerprint density at radius 1 is 1.22 bits per heavy atom. The van der Waals surface area contributed by atoms with Crippen molar-refractivity contribution in [3.05, 3.63) is 0 Å². The molecule has 1 aliphatic carbocycles. The molecule has 0 aromatic heterocycles. The van der Waals surface area contributed by atoms with Crippen molar-refractivity contribution in [2.45, 2.75) is 45.6 Å². The predicted molar refractivity (Wildman–Crippen MR) is 63.8 cm³/mol. The molecule has 1 fully saturated rings. The zero-order valence-electron chi connectivity index (χ0n) is 11.3. The molecule has 0 heterocycles. The minimum atomic E-state index is -1.28. The van der Waals surface area contributed by atoms with Crippen molar-refractivity contribution in [1.29, 1.82) is 0 Å². The molecule has 1 unspecified atom stereocenters. The number of methoxy groups -OCH3 is 1. The van der Waals surface area contributed by atoms with Gasteiger partial charge >= 0.3 is 5.97 Å². The van der Waals surface area contributed by atoms with E-state index in [1.165, 1.54) is 21.0 Å². The normalized spacial score (nSPS) is 35.9. The first-order valence-electron chi connectivity index (χ1n) is 5.99. The van der Waals surface area contributed by atoms with E-state index in [2.05, 4.69) is 0 Å². The molecule has 18 heavy (non-hydrogen) atoms. The molecule has 5 heteroatoms. The molecule has 0 aliphatic heterocycles. The van der Waals surface area contributed by atoms with E-state index in [0.29, 0.717) is 0 Å². The van der Waals surface area contributed by atoms with Gasteiger partial charge in [-0.05, 0) is 40.0 Å². The number of hydrogen-bond donors (Lipinski definition) is 1. The second-order valence-electron chi connectivity index (χ2n) is 5.35. The molecule has 102 valence electrons. The van der Waals surface area contributed by atoms with Gasteiger partial charge in [0.15, 0.2) is 0 Å². The van der Waals surface area contributed by atoms with Crippen LogP contribution in [0.25, 0.3) is 0 Å². The third-order valence-electron chi connectivity index (χ3n) is 4.10. The van der Waals surface area contributed by atoms with Crippen LogP contribution in [0.15, 0.2) is 0 Å². The van der Waals surface area contributed by atoms with Crippen LogP contribution in [-0.4, -0.2) is 35.4 Å². The Labute approximate surface area is 107 Å². The van der Waals surface area contributed by atoms with Gasteiger partial charge in [0, 0.05) is 5.92 Å². The van der Waals surface area contributed by atoms with Crippen molar-refractivity contribution in [3.63, 3.8) is 0 Å². The third kappa shape index (κ3) is 2.32. The first-order chi connectivity index (χ1) is 8.17. The Bertz CT molecular complexity index is 385. The van der Waals surface area contributed by atoms with E-state index in [4.69, 9.17) is 4.74 Å². The minimum absolute atomic E-state index is 0.0251. The molecule has 0 spiro atoms. The summed E-state index contributed by atoms with van der Waals surface area (Å²) in [7, 11) is 1.22. The molecule has 1 rings (SSSR count). The summed E-state index contributed by atoms with van der Waals surface area (Å²) < 4.78 is 4.70. The Kier molecular flexibility index (Phi) is 3.96. The van der Waals surface area contributed by atoms with E-state index in [1.807, 2.05) is 0 Å². The summed E-state index contributed by atoms with van der Waals surface area (Å²) >= 11 is 0. The highest BCUT2D eigenvalue weighted by atomic mass is 16.5. The predicted octanol–water partition coefficient (Wildman–Crippen LogP) is 0.875. The van der Waals surface area contributed by atoms with Crippen molar-refractivity contribution >= 4 is 17.5 Å². The highest BCUT2D eigenvalue weighted by Gasteiger charge is 2.54. The topological polar surface area (TPSA) is 80.7 Å². The summed E-state index contributed by atoms with van der Waals surface area (Å²) in [5.41, 5.74) is -2.45. The van der Waals surface area contributed by atoms with Gasteiger partial charge in [-0.3, -0.25) is 14.4 Å². The van der Waals surface area contributed by atoms with Crippen LogP contribution in [0, 0.1) is 11.3 Å². The van der Waals surface area contributed by atoms with E-state index in [9.17, 15) is 19.5 Å². The van der Waals surface area contributed by atoms with Gasteiger partial charge in [0.1, 0.15) is 17.0 Å². The van der Waals surface area contributed by atoms with Gasteiger partial charge < -0.3 is 9.84 Å². The quantitative estimate of drug-likeness (QED) is 0.598.